The smallest absolute Gasteiger partial charge is 0.227 e. The first-order chi connectivity index (χ1) is 9.04. The van der Waals surface area contributed by atoms with Gasteiger partial charge in [0.2, 0.25) is 5.91 Å². The Bertz CT molecular complexity index is 557. The number of amides is 1. The summed E-state index contributed by atoms with van der Waals surface area (Å²) >= 11 is 0. The molecule has 0 N–H and O–H groups in total. The molecule has 0 saturated heterocycles. The summed E-state index contributed by atoms with van der Waals surface area (Å²) in [6, 6.07) is 8.07. The molecular weight excluding hydrogens is 238 g/mol. The van der Waals surface area contributed by atoms with Crippen LogP contribution in [0.25, 0.3) is 0 Å². The monoisotopic (exact) mass is 257 g/mol. The fourth-order valence-electron chi connectivity index (χ4n) is 1.93. The lowest BCUT2D eigenvalue weighted by Crippen LogP contribution is -2.27. The number of hydrogen-bond donors (Lipinski definition) is 0. The lowest BCUT2D eigenvalue weighted by atomic mass is 10.1. The number of likely N-dealkylation sites (N-methyl/N-ethyl adjacent to an activating group) is 1. The van der Waals surface area contributed by atoms with Crippen LogP contribution < -0.4 is 0 Å². The average Bonchev–Trinajstić information content (AvgIpc) is 2.77. The molecule has 1 aromatic carbocycles. The minimum Gasteiger partial charge on any atom is -0.341 e. The summed E-state index contributed by atoms with van der Waals surface area (Å²) in [5, 5.41) is 4.10. The average molecular weight is 257 g/mol. The van der Waals surface area contributed by atoms with Crippen molar-refractivity contribution in [2.75, 3.05) is 7.05 Å². The van der Waals surface area contributed by atoms with Gasteiger partial charge in [-0.25, -0.2) is 0 Å². The number of carbonyl (C=O) groups excluding carboxylic acids is 1. The Morgan fingerprint density at radius 3 is 2.53 bits per heavy atom. The standard InChI is InChI=1S/C15H19N3O/c1-12-4-6-13(7-5-12)8-15(19)17(2)10-14-9-16-18(3)11-14/h4-7,9,11H,8,10H2,1-3H3. The first-order valence-electron chi connectivity index (χ1n) is 6.31. The van der Waals surface area contributed by atoms with Crippen molar-refractivity contribution >= 4 is 5.91 Å². The van der Waals surface area contributed by atoms with Gasteiger partial charge in [-0.15, -0.1) is 0 Å². The van der Waals surface area contributed by atoms with Crippen LogP contribution >= 0.6 is 0 Å². The van der Waals surface area contributed by atoms with Crippen molar-refractivity contribution in [3.8, 4) is 0 Å². The lowest BCUT2D eigenvalue weighted by Gasteiger charge is -2.16. The Labute approximate surface area is 113 Å². The van der Waals surface area contributed by atoms with Gasteiger partial charge in [0.25, 0.3) is 0 Å². The highest BCUT2D eigenvalue weighted by molar-refractivity contribution is 5.78. The molecule has 0 aliphatic carbocycles. The van der Waals surface area contributed by atoms with Gasteiger partial charge in [0.05, 0.1) is 12.6 Å². The highest BCUT2D eigenvalue weighted by Gasteiger charge is 2.10. The number of nitrogens with zero attached hydrogens (tertiary/aromatic N) is 3. The molecule has 0 aliphatic heterocycles. The molecule has 0 unspecified atom stereocenters. The van der Waals surface area contributed by atoms with Gasteiger partial charge in [-0.3, -0.25) is 9.48 Å². The Morgan fingerprint density at radius 1 is 1.26 bits per heavy atom. The molecule has 2 aromatic rings. The maximum Gasteiger partial charge on any atom is 0.227 e. The summed E-state index contributed by atoms with van der Waals surface area (Å²) in [7, 11) is 3.70. The summed E-state index contributed by atoms with van der Waals surface area (Å²) in [6.45, 7) is 2.64. The predicted octanol–water partition coefficient (Wildman–Crippen LogP) is 1.93. The molecule has 1 aromatic heterocycles. The normalized spacial score (nSPS) is 10.5. The van der Waals surface area contributed by atoms with E-state index in [2.05, 4.69) is 5.10 Å². The SMILES string of the molecule is Cc1ccc(CC(=O)N(C)Cc2cnn(C)c2)cc1. The molecule has 1 amide bonds. The summed E-state index contributed by atoms with van der Waals surface area (Å²) in [5.41, 5.74) is 3.30. The molecule has 1 heterocycles. The first-order valence-corrected chi connectivity index (χ1v) is 6.31. The van der Waals surface area contributed by atoms with Crippen molar-refractivity contribution < 1.29 is 4.79 Å². The van der Waals surface area contributed by atoms with Crippen molar-refractivity contribution in [2.24, 2.45) is 7.05 Å². The van der Waals surface area contributed by atoms with Gasteiger partial charge in [0.1, 0.15) is 0 Å². The fourth-order valence-corrected chi connectivity index (χ4v) is 1.93. The minimum atomic E-state index is 0.118. The van der Waals surface area contributed by atoms with Gasteiger partial charge in [0.15, 0.2) is 0 Å². The molecule has 4 nitrogen and oxygen atoms in total. The third-order valence-corrected chi connectivity index (χ3v) is 3.08. The highest BCUT2D eigenvalue weighted by Crippen LogP contribution is 2.07. The van der Waals surface area contributed by atoms with Gasteiger partial charge in [-0.2, -0.15) is 5.10 Å². The van der Waals surface area contributed by atoms with Gasteiger partial charge in [-0.05, 0) is 12.5 Å². The van der Waals surface area contributed by atoms with Gasteiger partial charge in [0, 0.05) is 32.4 Å². The molecule has 100 valence electrons. The summed E-state index contributed by atoms with van der Waals surface area (Å²) < 4.78 is 1.74. The van der Waals surface area contributed by atoms with Crippen LogP contribution in [0.15, 0.2) is 36.7 Å². The van der Waals surface area contributed by atoms with Crippen molar-refractivity contribution in [3.63, 3.8) is 0 Å². The van der Waals surface area contributed by atoms with Crippen LogP contribution in [0.5, 0.6) is 0 Å². The van der Waals surface area contributed by atoms with E-state index in [-0.39, 0.29) is 5.91 Å². The summed E-state index contributed by atoms with van der Waals surface area (Å²) in [5.74, 6) is 0.118. The molecule has 2 rings (SSSR count). The van der Waals surface area contributed by atoms with E-state index in [0.29, 0.717) is 13.0 Å². The molecule has 0 radical (unpaired) electrons. The Morgan fingerprint density at radius 2 is 1.95 bits per heavy atom. The Balaban J connectivity index is 1.94. The van der Waals surface area contributed by atoms with Crippen LogP contribution in [0, 0.1) is 6.92 Å². The maximum absolute atomic E-state index is 12.1. The van der Waals surface area contributed by atoms with Crippen molar-refractivity contribution in [2.45, 2.75) is 19.9 Å². The predicted molar refractivity (Wildman–Crippen MR) is 74.6 cm³/mol. The fraction of sp³-hybridized carbons (Fsp3) is 0.333. The Hall–Kier alpha value is -2.10. The third kappa shape index (κ3) is 3.68. The molecular formula is C15H19N3O. The second-order valence-corrected chi connectivity index (χ2v) is 4.93. The van der Waals surface area contributed by atoms with Crippen LogP contribution in [0.1, 0.15) is 16.7 Å². The topological polar surface area (TPSA) is 38.1 Å². The molecule has 0 atom stereocenters. The molecule has 19 heavy (non-hydrogen) atoms. The molecule has 0 saturated carbocycles. The molecule has 0 spiro atoms. The number of carbonyl (C=O) groups is 1. The van der Waals surface area contributed by atoms with Crippen molar-refractivity contribution in [1.82, 2.24) is 14.7 Å². The molecule has 0 bridgehead atoms. The third-order valence-electron chi connectivity index (χ3n) is 3.08. The van der Waals surface area contributed by atoms with Gasteiger partial charge < -0.3 is 4.90 Å². The molecule has 0 aliphatic rings. The van der Waals surface area contributed by atoms with E-state index in [1.165, 1.54) is 5.56 Å². The van der Waals surface area contributed by atoms with E-state index in [0.717, 1.165) is 11.1 Å². The van der Waals surface area contributed by atoms with Crippen molar-refractivity contribution in [3.05, 3.63) is 53.3 Å². The zero-order valence-electron chi connectivity index (χ0n) is 11.6. The number of aromatic nitrogens is 2. The molecule has 0 fully saturated rings. The largest absolute Gasteiger partial charge is 0.341 e. The van der Waals surface area contributed by atoms with Crippen LogP contribution in [-0.4, -0.2) is 27.6 Å². The van der Waals surface area contributed by atoms with E-state index in [4.69, 9.17) is 0 Å². The maximum atomic E-state index is 12.1. The first kappa shape index (κ1) is 13.3. The van der Waals surface area contributed by atoms with Crippen LogP contribution in [0.3, 0.4) is 0 Å². The van der Waals surface area contributed by atoms with E-state index in [1.807, 2.05) is 51.5 Å². The van der Waals surface area contributed by atoms with Crippen LogP contribution in [0.2, 0.25) is 0 Å². The second kappa shape index (κ2) is 5.69. The van der Waals surface area contributed by atoms with E-state index >= 15 is 0 Å². The number of aryl methyl sites for hydroxylation is 2. The molecule has 4 heteroatoms. The minimum absolute atomic E-state index is 0.118. The highest BCUT2D eigenvalue weighted by atomic mass is 16.2. The second-order valence-electron chi connectivity index (χ2n) is 4.93. The quantitative estimate of drug-likeness (QED) is 0.839. The van der Waals surface area contributed by atoms with Gasteiger partial charge in [-0.1, -0.05) is 29.8 Å². The zero-order chi connectivity index (χ0) is 13.8. The zero-order valence-corrected chi connectivity index (χ0v) is 11.6. The number of hydrogen-bond acceptors (Lipinski definition) is 2. The van der Waals surface area contributed by atoms with E-state index in [1.54, 1.807) is 15.8 Å². The van der Waals surface area contributed by atoms with Crippen LogP contribution in [-0.2, 0) is 24.8 Å². The van der Waals surface area contributed by atoms with Crippen molar-refractivity contribution in [1.29, 1.82) is 0 Å². The van der Waals surface area contributed by atoms with E-state index in [9.17, 15) is 4.79 Å². The lowest BCUT2D eigenvalue weighted by molar-refractivity contribution is -0.129. The number of rotatable bonds is 4. The Kier molecular flexibility index (Phi) is 4.00. The van der Waals surface area contributed by atoms with Crippen LogP contribution in [0.4, 0.5) is 0 Å². The summed E-state index contributed by atoms with van der Waals surface area (Å²) in [6.07, 6.45) is 4.16. The number of benzene rings is 1. The van der Waals surface area contributed by atoms with E-state index < -0.39 is 0 Å². The van der Waals surface area contributed by atoms with Gasteiger partial charge >= 0.3 is 0 Å². The summed E-state index contributed by atoms with van der Waals surface area (Å²) in [4.78, 5) is 13.8.